The molecule has 0 spiro atoms. The standard InChI is InChI=1S/C18H19ClO3/c1-12(19)11-13(2)22-17-9-7-15(8-10-17)14-3-5-16(6-4-14)18(20)21/h3-10,12-13H,11H2,1-2H3,(H,20,21)/t12-,13-/m1/s1. The Hall–Kier alpha value is -2.00. The van der Waals surface area contributed by atoms with E-state index < -0.39 is 5.97 Å². The minimum Gasteiger partial charge on any atom is -0.491 e. The summed E-state index contributed by atoms with van der Waals surface area (Å²) in [5, 5.41) is 8.99. The van der Waals surface area contributed by atoms with Crippen molar-refractivity contribution in [2.75, 3.05) is 0 Å². The summed E-state index contributed by atoms with van der Waals surface area (Å²) in [7, 11) is 0. The molecule has 2 aromatic rings. The molecule has 1 N–H and O–H groups in total. The lowest BCUT2D eigenvalue weighted by atomic mass is 10.0. The van der Waals surface area contributed by atoms with Crippen LogP contribution in [0.2, 0.25) is 0 Å². The number of hydrogen-bond donors (Lipinski definition) is 1. The average Bonchev–Trinajstić information content (AvgIpc) is 2.47. The predicted molar refractivity (Wildman–Crippen MR) is 88.9 cm³/mol. The molecule has 2 rings (SSSR count). The van der Waals surface area contributed by atoms with Gasteiger partial charge < -0.3 is 9.84 Å². The topological polar surface area (TPSA) is 46.5 Å². The van der Waals surface area contributed by atoms with Gasteiger partial charge in [0.25, 0.3) is 0 Å². The van der Waals surface area contributed by atoms with E-state index in [1.807, 2.05) is 38.1 Å². The molecule has 0 radical (unpaired) electrons. The number of alkyl halides is 1. The van der Waals surface area contributed by atoms with Crippen LogP contribution >= 0.6 is 11.6 Å². The first kappa shape index (κ1) is 16.4. The van der Waals surface area contributed by atoms with Gasteiger partial charge in [0, 0.05) is 11.8 Å². The number of hydrogen-bond acceptors (Lipinski definition) is 2. The van der Waals surface area contributed by atoms with Gasteiger partial charge in [-0.1, -0.05) is 24.3 Å². The first-order chi connectivity index (χ1) is 10.5. The molecule has 0 amide bonds. The minimum absolute atomic E-state index is 0.0631. The third kappa shape index (κ3) is 4.50. The zero-order valence-electron chi connectivity index (χ0n) is 12.6. The number of benzene rings is 2. The molecule has 0 fully saturated rings. The molecule has 0 unspecified atom stereocenters. The summed E-state index contributed by atoms with van der Waals surface area (Å²) in [6.07, 6.45) is 0.855. The Morgan fingerprint density at radius 3 is 2.00 bits per heavy atom. The van der Waals surface area contributed by atoms with E-state index in [2.05, 4.69) is 0 Å². The summed E-state index contributed by atoms with van der Waals surface area (Å²) in [4.78, 5) is 10.8. The van der Waals surface area contributed by atoms with Crippen molar-refractivity contribution in [3.8, 4) is 16.9 Å². The zero-order valence-corrected chi connectivity index (χ0v) is 13.4. The fourth-order valence-electron chi connectivity index (χ4n) is 2.27. The Labute approximate surface area is 135 Å². The summed E-state index contributed by atoms with van der Waals surface area (Å²) < 4.78 is 5.80. The monoisotopic (exact) mass is 318 g/mol. The number of ether oxygens (including phenoxy) is 1. The van der Waals surface area contributed by atoms with Crippen LogP contribution in [0.4, 0.5) is 0 Å². The van der Waals surface area contributed by atoms with Gasteiger partial charge in [0.15, 0.2) is 0 Å². The molecule has 2 atom stereocenters. The van der Waals surface area contributed by atoms with Gasteiger partial charge in [-0.25, -0.2) is 4.79 Å². The van der Waals surface area contributed by atoms with Crippen LogP contribution in [0.25, 0.3) is 11.1 Å². The van der Waals surface area contributed by atoms with E-state index in [1.165, 1.54) is 0 Å². The van der Waals surface area contributed by atoms with Crippen LogP contribution in [-0.4, -0.2) is 22.6 Å². The van der Waals surface area contributed by atoms with Crippen LogP contribution in [0.1, 0.15) is 30.6 Å². The predicted octanol–water partition coefficient (Wildman–Crippen LogP) is 4.84. The molecular weight excluding hydrogens is 300 g/mol. The van der Waals surface area contributed by atoms with E-state index in [0.29, 0.717) is 0 Å². The zero-order chi connectivity index (χ0) is 16.1. The molecule has 2 aromatic carbocycles. The normalized spacial score (nSPS) is 13.4. The lowest BCUT2D eigenvalue weighted by molar-refractivity contribution is 0.0697. The summed E-state index contributed by atoms with van der Waals surface area (Å²) >= 11 is 5.96. The van der Waals surface area contributed by atoms with Crippen molar-refractivity contribution < 1.29 is 14.6 Å². The lowest BCUT2D eigenvalue weighted by Gasteiger charge is -2.16. The second kappa shape index (κ2) is 7.32. The maximum absolute atomic E-state index is 10.8. The maximum Gasteiger partial charge on any atom is 0.335 e. The lowest BCUT2D eigenvalue weighted by Crippen LogP contribution is -2.15. The quantitative estimate of drug-likeness (QED) is 0.775. The molecule has 0 heterocycles. The van der Waals surface area contributed by atoms with Gasteiger partial charge in [-0.2, -0.15) is 0 Å². The van der Waals surface area contributed by atoms with E-state index >= 15 is 0 Å². The van der Waals surface area contributed by atoms with E-state index in [-0.39, 0.29) is 17.0 Å². The number of rotatable bonds is 6. The summed E-state index contributed by atoms with van der Waals surface area (Å²) in [6.45, 7) is 3.95. The Bertz CT molecular complexity index is 618. The fourth-order valence-corrected chi connectivity index (χ4v) is 2.52. The molecule has 0 aromatic heterocycles. The van der Waals surface area contributed by atoms with Gasteiger partial charge in [-0.3, -0.25) is 0 Å². The molecule has 0 aliphatic rings. The van der Waals surface area contributed by atoms with E-state index in [0.717, 1.165) is 23.3 Å². The fraction of sp³-hybridized carbons (Fsp3) is 0.278. The highest BCUT2D eigenvalue weighted by Gasteiger charge is 2.08. The molecule has 3 nitrogen and oxygen atoms in total. The number of aromatic carboxylic acids is 1. The van der Waals surface area contributed by atoms with Gasteiger partial charge in [0.1, 0.15) is 5.75 Å². The largest absolute Gasteiger partial charge is 0.491 e. The highest BCUT2D eigenvalue weighted by molar-refractivity contribution is 6.20. The van der Waals surface area contributed by atoms with Crippen LogP contribution in [-0.2, 0) is 0 Å². The average molecular weight is 319 g/mol. The van der Waals surface area contributed by atoms with E-state index in [1.54, 1.807) is 24.3 Å². The first-order valence-electron chi connectivity index (χ1n) is 7.20. The number of carbonyl (C=O) groups is 1. The van der Waals surface area contributed by atoms with Gasteiger partial charge in [-0.15, -0.1) is 11.6 Å². The minimum atomic E-state index is -0.919. The molecule has 22 heavy (non-hydrogen) atoms. The highest BCUT2D eigenvalue weighted by Crippen LogP contribution is 2.24. The molecule has 4 heteroatoms. The molecular formula is C18H19ClO3. The van der Waals surface area contributed by atoms with Gasteiger partial charge in [-0.05, 0) is 49.2 Å². The first-order valence-corrected chi connectivity index (χ1v) is 7.64. The molecule has 0 bridgehead atoms. The molecule has 116 valence electrons. The second-order valence-electron chi connectivity index (χ2n) is 5.35. The Kier molecular flexibility index (Phi) is 5.45. The van der Waals surface area contributed by atoms with Crippen molar-refractivity contribution in [2.45, 2.75) is 31.7 Å². The van der Waals surface area contributed by atoms with Gasteiger partial charge in [0.05, 0.1) is 11.7 Å². The van der Waals surface area contributed by atoms with Crippen LogP contribution in [0.5, 0.6) is 5.75 Å². The molecule has 0 saturated carbocycles. The smallest absolute Gasteiger partial charge is 0.335 e. The van der Waals surface area contributed by atoms with Crippen molar-refractivity contribution >= 4 is 17.6 Å². The number of carboxylic acids is 1. The molecule has 0 aliphatic carbocycles. The number of carboxylic acid groups (broad SMARTS) is 1. The van der Waals surface area contributed by atoms with Crippen LogP contribution in [0.3, 0.4) is 0 Å². The Balaban J connectivity index is 2.06. The van der Waals surface area contributed by atoms with Crippen LogP contribution in [0.15, 0.2) is 48.5 Å². The van der Waals surface area contributed by atoms with Crippen LogP contribution in [0, 0.1) is 0 Å². The van der Waals surface area contributed by atoms with Crippen molar-refractivity contribution in [3.05, 3.63) is 54.1 Å². The van der Waals surface area contributed by atoms with Crippen LogP contribution < -0.4 is 4.74 Å². The van der Waals surface area contributed by atoms with Crippen molar-refractivity contribution in [2.24, 2.45) is 0 Å². The maximum atomic E-state index is 10.8. The van der Waals surface area contributed by atoms with Gasteiger partial charge in [0.2, 0.25) is 0 Å². The van der Waals surface area contributed by atoms with Crippen molar-refractivity contribution in [3.63, 3.8) is 0 Å². The summed E-state index contributed by atoms with van der Waals surface area (Å²) in [6, 6.07) is 14.6. The van der Waals surface area contributed by atoms with E-state index in [9.17, 15) is 4.79 Å². The SMILES string of the molecule is C[C@H](C[C@@H](C)Cl)Oc1ccc(-c2ccc(C(=O)O)cc2)cc1. The molecule has 0 aliphatic heterocycles. The molecule has 0 saturated heterocycles. The summed E-state index contributed by atoms with van der Waals surface area (Å²) in [5.41, 5.74) is 2.27. The number of halogens is 1. The van der Waals surface area contributed by atoms with E-state index in [4.69, 9.17) is 21.4 Å². The van der Waals surface area contributed by atoms with Crippen molar-refractivity contribution in [1.82, 2.24) is 0 Å². The van der Waals surface area contributed by atoms with Gasteiger partial charge >= 0.3 is 5.97 Å². The third-order valence-electron chi connectivity index (χ3n) is 3.31. The Morgan fingerprint density at radius 2 is 1.55 bits per heavy atom. The third-order valence-corrected chi connectivity index (χ3v) is 3.49. The highest BCUT2D eigenvalue weighted by atomic mass is 35.5. The Morgan fingerprint density at radius 1 is 1.05 bits per heavy atom. The second-order valence-corrected chi connectivity index (χ2v) is 6.10. The summed E-state index contributed by atoms with van der Waals surface area (Å²) in [5.74, 6) is -0.117. The van der Waals surface area contributed by atoms with Crippen molar-refractivity contribution in [1.29, 1.82) is 0 Å².